The van der Waals surface area contributed by atoms with Crippen LogP contribution in [0.2, 0.25) is 0 Å². The minimum atomic E-state index is -0.480. The van der Waals surface area contributed by atoms with Crippen molar-refractivity contribution in [1.82, 2.24) is 9.88 Å². The monoisotopic (exact) mass is 320 g/mol. The molecule has 1 aromatic rings. The molecule has 0 spiro atoms. The Kier molecular flexibility index (Phi) is 5.23. The van der Waals surface area contributed by atoms with Gasteiger partial charge in [-0.15, -0.1) is 0 Å². The van der Waals surface area contributed by atoms with E-state index in [9.17, 15) is 9.59 Å². The van der Waals surface area contributed by atoms with Gasteiger partial charge in [-0.25, -0.2) is 9.78 Å². The van der Waals surface area contributed by atoms with E-state index >= 15 is 0 Å². The lowest BCUT2D eigenvalue weighted by Gasteiger charge is -2.33. The maximum Gasteiger partial charge on any atom is 0.410 e. The van der Waals surface area contributed by atoms with E-state index in [1.807, 2.05) is 27.7 Å². The van der Waals surface area contributed by atoms with Crippen LogP contribution in [0.15, 0.2) is 12.3 Å². The lowest BCUT2D eigenvalue weighted by atomic mass is 10.1. The fraction of sp³-hybridized carbons (Fsp3) is 0.588. The predicted molar refractivity (Wildman–Crippen MR) is 85.8 cm³/mol. The predicted octanol–water partition coefficient (Wildman–Crippen LogP) is 2.98. The molecule has 1 amide bonds. The number of rotatable bonds is 3. The van der Waals surface area contributed by atoms with Crippen LogP contribution >= 0.6 is 0 Å². The number of carbonyl (C=O) groups is 2. The van der Waals surface area contributed by atoms with Gasteiger partial charge in [0.15, 0.2) is 6.29 Å². The summed E-state index contributed by atoms with van der Waals surface area (Å²) in [5.41, 5.74) is 0.893. The first-order chi connectivity index (χ1) is 10.8. The van der Waals surface area contributed by atoms with Crippen LogP contribution in [-0.4, -0.2) is 47.1 Å². The van der Waals surface area contributed by atoms with Crippen molar-refractivity contribution in [3.05, 3.63) is 23.4 Å². The molecule has 1 aromatic heterocycles. The highest BCUT2D eigenvalue weighted by Crippen LogP contribution is 2.22. The van der Waals surface area contributed by atoms with Gasteiger partial charge in [-0.05, 0) is 33.8 Å². The number of hydrogen-bond acceptors (Lipinski definition) is 5. The molecule has 0 N–H and O–H groups in total. The van der Waals surface area contributed by atoms with E-state index in [0.717, 1.165) is 24.7 Å². The van der Waals surface area contributed by atoms with Crippen LogP contribution in [0.3, 0.4) is 0 Å². The van der Waals surface area contributed by atoms with Gasteiger partial charge in [0.05, 0.1) is 0 Å². The van der Waals surface area contributed by atoms with Gasteiger partial charge in [0.2, 0.25) is 5.88 Å². The Bertz CT molecular complexity index is 572. The van der Waals surface area contributed by atoms with E-state index in [0.29, 0.717) is 24.5 Å². The number of pyridine rings is 1. The zero-order chi connectivity index (χ0) is 17.0. The molecule has 0 radical (unpaired) electrons. The van der Waals surface area contributed by atoms with Gasteiger partial charge in [0, 0.05) is 43.3 Å². The van der Waals surface area contributed by atoms with Crippen molar-refractivity contribution in [1.29, 1.82) is 0 Å². The number of ether oxygens (including phenoxy) is 2. The highest BCUT2D eigenvalue weighted by Gasteiger charge is 2.28. The van der Waals surface area contributed by atoms with Gasteiger partial charge in [-0.2, -0.15) is 0 Å². The summed E-state index contributed by atoms with van der Waals surface area (Å²) in [5.74, 6) is 0.548. The highest BCUT2D eigenvalue weighted by molar-refractivity contribution is 5.74. The third kappa shape index (κ3) is 4.94. The molecule has 6 nitrogen and oxygen atoms in total. The third-order valence-corrected chi connectivity index (χ3v) is 3.56. The van der Waals surface area contributed by atoms with Crippen LogP contribution in [0.4, 0.5) is 4.79 Å². The van der Waals surface area contributed by atoms with Crippen molar-refractivity contribution in [2.24, 2.45) is 0 Å². The Labute approximate surface area is 136 Å². The highest BCUT2D eigenvalue weighted by atomic mass is 16.6. The summed E-state index contributed by atoms with van der Waals surface area (Å²) in [6.45, 7) is 8.65. The first-order valence-electron chi connectivity index (χ1n) is 7.85. The molecule has 0 unspecified atom stereocenters. The fourth-order valence-corrected chi connectivity index (χ4v) is 2.41. The van der Waals surface area contributed by atoms with Gasteiger partial charge >= 0.3 is 6.09 Å². The molecule has 0 bridgehead atoms. The van der Waals surface area contributed by atoms with Crippen LogP contribution < -0.4 is 4.74 Å². The van der Waals surface area contributed by atoms with Crippen LogP contribution in [0, 0.1) is 6.92 Å². The number of aromatic nitrogens is 1. The average molecular weight is 320 g/mol. The number of amides is 1. The van der Waals surface area contributed by atoms with Crippen molar-refractivity contribution >= 4 is 12.4 Å². The molecule has 2 rings (SSSR count). The Morgan fingerprint density at radius 2 is 2.00 bits per heavy atom. The molecular formula is C17H24N2O4. The van der Waals surface area contributed by atoms with Crippen molar-refractivity contribution in [2.75, 3.05) is 13.1 Å². The molecule has 1 aliphatic heterocycles. The van der Waals surface area contributed by atoms with E-state index in [1.165, 1.54) is 6.20 Å². The number of piperidine rings is 1. The minimum absolute atomic E-state index is 0.0157. The second-order valence-electron chi connectivity index (χ2n) is 6.79. The summed E-state index contributed by atoms with van der Waals surface area (Å²) >= 11 is 0. The second kappa shape index (κ2) is 6.98. The van der Waals surface area contributed by atoms with Crippen molar-refractivity contribution in [3.63, 3.8) is 0 Å². The number of aldehydes is 1. The number of nitrogens with zero attached hydrogens (tertiary/aromatic N) is 2. The van der Waals surface area contributed by atoms with E-state index in [1.54, 1.807) is 11.0 Å². The quantitative estimate of drug-likeness (QED) is 0.801. The van der Waals surface area contributed by atoms with Crippen LogP contribution in [0.5, 0.6) is 5.88 Å². The first-order valence-corrected chi connectivity index (χ1v) is 7.85. The molecular weight excluding hydrogens is 296 g/mol. The molecule has 2 heterocycles. The number of likely N-dealkylation sites (tertiary alicyclic amines) is 1. The molecule has 1 saturated heterocycles. The van der Waals surface area contributed by atoms with Gasteiger partial charge in [-0.3, -0.25) is 4.79 Å². The van der Waals surface area contributed by atoms with E-state index in [-0.39, 0.29) is 12.2 Å². The van der Waals surface area contributed by atoms with E-state index in [4.69, 9.17) is 9.47 Å². The van der Waals surface area contributed by atoms with E-state index in [2.05, 4.69) is 4.98 Å². The van der Waals surface area contributed by atoms with Crippen molar-refractivity contribution in [3.8, 4) is 5.88 Å². The maximum absolute atomic E-state index is 12.0. The van der Waals surface area contributed by atoms with Gasteiger partial charge in [0.25, 0.3) is 0 Å². The lowest BCUT2D eigenvalue weighted by molar-refractivity contribution is 0.0122. The Balaban J connectivity index is 1.87. The first kappa shape index (κ1) is 17.2. The van der Waals surface area contributed by atoms with Crippen LogP contribution in [0.1, 0.15) is 49.5 Å². The maximum atomic E-state index is 12.0. The summed E-state index contributed by atoms with van der Waals surface area (Å²) in [6, 6.07) is 1.76. The topological polar surface area (TPSA) is 68.7 Å². The summed E-state index contributed by atoms with van der Waals surface area (Å²) in [7, 11) is 0. The third-order valence-electron chi connectivity index (χ3n) is 3.56. The zero-order valence-electron chi connectivity index (χ0n) is 14.2. The normalized spacial score (nSPS) is 16.1. The Morgan fingerprint density at radius 3 is 2.52 bits per heavy atom. The largest absolute Gasteiger partial charge is 0.474 e. The average Bonchev–Trinajstić information content (AvgIpc) is 2.48. The smallest absolute Gasteiger partial charge is 0.410 e. The minimum Gasteiger partial charge on any atom is -0.474 e. The number of carbonyl (C=O) groups excluding carboxylic acids is 2. The Morgan fingerprint density at radius 1 is 1.35 bits per heavy atom. The summed E-state index contributed by atoms with van der Waals surface area (Å²) in [4.78, 5) is 28.6. The number of hydrogen-bond donors (Lipinski definition) is 0. The number of aryl methyl sites for hydroxylation is 1. The molecule has 6 heteroatoms. The second-order valence-corrected chi connectivity index (χ2v) is 6.79. The standard InChI is InChI=1S/C17H24N2O4/c1-12-9-13(11-20)10-18-15(12)22-14-5-7-19(8-6-14)16(21)23-17(2,3)4/h9-11,14H,5-8H2,1-4H3. The molecule has 0 aromatic carbocycles. The van der Waals surface area contributed by atoms with Gasteiger partial charge in [0.1, 0.15) is 11.7 Å². The zero-order valence-corrected chi connectivity index (χ0v) is 14.2. The molecule has 1 fully saturated rings. The fourth-order valence-electron chi connectivity index (χ4n) is 2.41. The van der Waals surface area contributed by atoms with E-state index < -0.39 is 5.60 Å². The lowest BCUT2D eigenvalue weighted by Crippen LogP contribution is -2.44. The van der Waals surface area contributed by atoms with Crippen molar-refractivity contribution in [2.45, 2.75) is 52.2 Å². The SMILES string of the molecule is Cc1cc(C=O)cnc1OC1CCN(C(=O)OC(C)(C)C)CC1. The van der Waals surface area contributed by atoms with Gasteiger partial charge in [-0.1, -0.05) is 0 Å². The van der Waals surface area contributed by atoms with Crippen LogP contribution in [0.25, 0.3) is 0 Å². The Hall–Kier alpha value is -2.11. The van der Waals surface area contributed by atoms with Crippen molar-refractivity contribution < 1.29 is 19.1 Å². The molecule has 126 valence electrons. The summed E-state index contributed by atoms with van der Waals surface area (Å²) in [5, 5.41) is 0. The molecule has 0 saturated carbocycles. The van der Waals surface area contributed by atoms with Crippen LogP contribution in [-0.2, 0) is 4.74 Å². The molecule has 0 aliphatic carbocycles. The summed E-state index contributed by atoms with van der Waals surface area (Å²) in [6.07, 6.45) is 3.47. The molecule has 1 aliphatic rings. The summed E-state index contributed by atoms with van der Waals surface area (Å²) < 4.78 is 11.3. The molecule has 0 atom stereocenters. The van der Waals surface area contributed by atoms with Gasteiger partial charge < -0.3 is 14.4 Å². The molecule has 23 heavy (non-hydrogen) atoms.